The molecule has 8 rings (SSSR count). The summed E-state index contributed by atoms with van der Waals surface area (Å²) in [6.07, 6.45) is -2.74. The monoisotopic (exact) mass is 922 g/mol. The highest BCUT2D eigenvalue weighted by Crippen LogP contribution is 2.43. The molecular weight excluding hydrogens is 888 g/mol. The van der Waals surface area contributed by atoms with Gasteiger partial charge in [0.2, 0.25) is 0 Å². The first-order chi connectivity index (χ1) is 30.3. The Labute approximate surface area is 371 Å². The number of nitrogens with two attached hydrogens (primary N) is 1. The number of halogens is 9. The van der Waals surface area contributed by atoms with Crippen molar-refractivity contribution in [3.05, 3.63) is 189 Å². The molecule has 9 nitrogen and oxygen atoms in total. The summed E-state index contributed by atoms with van der Waals surface area (Å²) in [6.45, 7) is 3.80. The van der Waals surface area contributed by atoms with Crippen molar-refractivity contribution >= 4 is 62.9 Å². The first kappa shape index (κ1) is 48.0. The van der Waals surface area contributed by atoms with Crippen molar-refractivity contribution in [1.82, 2.24) is 19.9 Å². The fraction of sp³-hybridized carbons (Fsp3) is 0.109. The van der Waals surface area contributed by atoms with Gasteiger partial charge in [-0.2, -0.15) is 26.3 Å². The summed E-state index contributed by atoms with van der Waals surface area (Å²) in [4.78, 5) is 26.4. The number of aromatic hydroxyl groups is 2. The predicted octanol–water partition coefficient (Wildman–Crippen LogP) is 12.7. The van der Waals surface area contributed by atoms with Crippen molar-refractivity contribution in [1.29, 1.82) is 0 Å². The van der Waals surface area contributed by atoms with Gasteiger partial charge in [-0.15, -0.1) is 0 Å². The molecule has 8 aromatic rings. The van der Waals surface area contributed by atoms with Crippen LogP contribution in [0.3, 0.4) is 0 Å². The van der Waals surface area contributed by atoms with Crippen molar-refractivity contribution in [2.24, 2.45) is 0 Å². The zero-order valence-electron chi connectivity index (χ0n) is 33.4. The maximum Gasteiger partial charge on any atom is 0.420 e. The number of aryl methyl sites for hydroxylation is 2. The number of hydrogen-bond donors (Lipinski definition) is 4. The molecule has 0 saturated heterocycles. The van der Waals surface area contributed by atoms with Crippen LogP contribution in [-0.4, -0.2) is 36.4 Å². The molecule has 0 fully saturated rings. The van der Waals surface area contributed by atoms with E-state index < -0.39 is 45.4 Å². The van der Waals surface area contributed by atoms with Crippen LogP contribution in [0, 0.1) is 19.7 Å². The van der Waals surface area contributed by atoms with Crippen LogP contribution < -0.4 is 11.1 Å². The van der Waals surface area contributed by atoms with E-state index in [0.717, 1.165) is 40.8 Å². The number of benzene rings is 4. The molecule has 4 aromatic heterocycles. The topological polar surface area (TPSA) is 147 Å². The van der Waals surface area contributed by atoms with E-state index in [1.165, 1.54) is 18.3 Å². The van der Waals surface area contributed by atoms with Gasteiger partial charge in [-0.25, -0.2) is 14.4 Å². The number of pyridine rings is 4. The molecular formula is C46H35Cl2F7N6O3. The Morgan fingerprint density at radius 2 is 1.27 bits per heavy atom. The van der Waals surface area contributed by atoms with Gasteiger partial charge in [-0.3, -0.25) is 14.8 Å². The zero-order valence-corrected chi connectivity index (χ0v) is 34.9. The van der Waals surface area contributed by atoms with E-state index >= 15 is 4.39 Å². The molecule has 4 aromatic carbocycles. The summed E-state index contributed by atoms with van der Waals surface area (Å²) in [5.74, 6) is -0.714. The SMILES string of the molecule is Cc1ccc(N)nc1.Cc1ccc(NC(c2ccc(Cl)c(C(F)(F)F)c2F)c2ccc3cccnc3c2O)nc1.O=Cc1ccc(Cl)c(C(F)(F)F)c1.Oc1cccc2cccnc12. The Bertz CT molecular complexity index is 2840. The van der Waals surface area contributed by atoms with Gasteiger partial charge in [-0.1, -0.05) is 83.9 Å². The number of nitrogens with zero attached hydrogens (tertiary/aromatic N) is 4. The lowest BCUT2D eigenvalue weighted by atomic mass is 9.94. The van der Waals surface area contributed by atoms with E-state index in [-0.39, 0.29) is 39.5 Å². The van der Waals surface area contributed by atoms with Gasteiger partial charge in [0.25, 0.3) is 0 Å². The summed E-state index contributed by atoms with van der Waals surface area (Å²) in [5.41, 5.74) is 5.39. The van der Waals surface area contributed by atoms with Gasteiger partial charge in [0.15, 0.2) is 0 Å². The third kappa shape index (κ3) is 12.3. The van der Waals surface area contributed by atoms with E-state index in [1.54, 1.807) is 67.1 Å². The summed E-state index contributed by atoms with van der Waals surface area (Å²) in [6, 6.07) is 26.7. The predicted molar refractivity (Wildman–Crippen MR) is 233 cm³/mol. The van der Waals surface area contributed by atoms with Crippen molar-refractivity contribution in [2.45, 2.75) is 32.2 Å². The van der Waals surface area contributed by atoms with Crippen molar-refractivity contribution in [3.63, 3.8) is 0 Å². The molecule has 330 valence electrons. The van der Waals surface area contributed by atoms with E-state index in [2.05, 4.69) is 25.3 Å². The van der Waals surface area contributed by atoms with Crippen LogP contribution in [0.25, 0.3) is 21.8 Å². The number of phenols is 2. The zero-order chi connectivity index (χ0) is 46.8. The van der Waals surface area contributed by atoms with Gasteiger partial charge in [-0.05, 0) is 73.5 Å². The standard InChI is InChI=1S/C23H16ClF4N3O.C9H7NO.C8H4ClF3O.C6H8N2/c1-12-4-9-17(30-11-12)31-21(14-7-8-16(24)18(19(14)25)23(26,27)28)15-6-5-13-3-2-10-29-20(13)22(15)32;11-8-5-1-3-7-4-2-6-10-9(7)8;9-7-2-1-5(4-13)3-6(7)8(10,11)12;1-5-2-3-6(7)8-4-5/h2-11,21,32H,1H3,(H,30,31);1-6,11H;1-4H;2-4H,1H3,(H2,7,8). The van der Waals surface area contributed by atoms with Crippen LogP contribution in [0.15, 0.2) is 134 Å². The number of anilines is 2. The summed E-state index contributed by atoms with van der Waals surface area (Å²) < 4.78 is 92.2. The Kier molecular flexibility index (Phi) is 15.7. The lowest BCUT2D eigenvalue weighted by Gasteiger charge is -2.24. The molecule has 0 saturated carbocycles. The van der Waals surface area contributed by atoms with E-state index in [4.69, 9.17) is 28.9 Å². The normalized spacial score (nSPS) is 11.5. The molecule has 0 amide bonds. The summed E-state index contributed by atoms with van der Waals surface area (Å²) in [7, 11) is 0. The number of para-hydroxylation sites is 1. The van der Waals surface area contributed by atoms with E-state index in [0.29, 0.717) is 23.0 Å². The smallest absolute Gasteiger partial charge is 0.420 e. The Morgan fingerprint density at radius 1 is 0.672 bits per heavy atom. The van der Waals surface area contributed by atoms with Gasteiger partial charge < -0.3 is 21.3 Å². The average molecular weight is 924 g/mol. The number of carbonyl (C=O) groups is 1. The Balaban J connectivity index is 0.000000195. The number of hydrogen-bond acceptors (Lipinski definition) is 9. The minimum Gasteiger partial charge on any atom is -0.506 e. The van der Waals surface area contributed by atoms with Crippen LogP contribution in [0.1, 0.15) is 49.8 Å². The number of rotatable bonds is 5. The number of nitrogens with one attached hydrogen (secondary N) is 1. The number of nitrogen functional groups attached to an aromatic ring is 1. The second-order valence-electron chi connectivity index (χ2n) is 13.7. The molecule has 18 heteroatoms. The minimum absolute atomic E-state index is 0.0447. The number of aromatic nitrogens is 4. The first-order valence-electron chi connectivity index (χ1n) is 18.6. The number of alkyl halides is 6. The Hall–Kier alpha value is -7.04. The molecule has 4 heterocycles. The molecule has 0 aliphatic carbocycles. The molecule has 0 bridgehead atoms. The summed E-state index contributed by atoms with van der Waals surface area (Å²) in [5, 5.41) is 23.6. The van der Waals surface area contributed by atoms with Crippen LogP contribution in [0.2, 0.25) is 10.0 Å². The van der Waals surface area contributed by atoms with Crippen molar-refractivity contribution < 1.29 is 45.7 Å². The maximum atomic E-state index is 15.2. The molecule has 64 heavy (non-hydrogen) atoms. The van der Waals surface area contributed by atoms with Crippen LogP contribution >= 0.6 is 23.2 Å². The van der Waals surface area contributed by atoms with E-state index in [9.17, 15) is 41.4 Å². The van der Waals surface area contributed by atoms with Crippen LogP contribution in [0.5, 0.6) is 11.5 Å². The average Bonchev–Trinajstić information content (AvgIpc) is 3.25. The third-order valence-corrected chi connectivity index (χ3v) is 9.63. The lowest BCUT2D eigenvalue weighted by Crippen LogP contribution is -2.18. The second-order valence-corrected chi connectivity index (χ2v) is 14.5. The fourth-order valence-electron chi connectivity index (χ4n) is 5.85. The number of phenolic OH excluding ortho intramolecular Hbond substituents is 2. The van der Waals surface area contributed by atoms with Gasteiger partial charge in [0.1, 0.15) is 51.8 Å². The molecule has 1 atom stereocenters. The Morgan fingerprint density at radius 3 is 1.83 bits per heavy atom. The van der Waals surface area contributed by atoms with Crippen molar-refractivity contribution in [2.75, 3.05) is 11.1 Å². The van der Waals surface area contributed by atoms with Crippen LogP contribution in [0.4, 0.5) is 42.4 Å². The highest BCUT2D eigenvalue weighted by Gasteiger charge is 2.39. The second kappa shape index (κ2) is 20.9. The van der Waals surface area contributed by atoms with Gasteiger partial charge in [0.05, 0.1) is 21.7 Å². The largest absolute Gasteiger partial charge is 0.506 e. The molecule has 0 radical (unpaired) electrons. The number of aldehydes is 1. The molecule has 5 N–H and O–H groups in total. The fourth-order valence-corrected chi connectivity index (χ4v) is 6.33. The molecule has 0 spiro atoms. The number of carbonyl (C=O) groups excluding carboxylic acids is 1. The van der Waals surface area contributed by atoms with Gasteiger partial charge >= 0.3 is 12.4 Å². The van der Waals surface area contributed by atoms with Crippen molar-refractivity contribution in [3.8, 4) is 11.5 Å². The van der Waals surface area contributed by atoms with Gasteiger partial charge in [0, 0.05) is 52.3 Å². The molecule has 1 unspecified atom stereocenters. The van der Waals surface area contributed by atoms with E-state index in [1.807, 2.05) is 38.1 Å². The highest BCUT2D eigenvalue weighted by atomic mass is 35.5. The lowest BCUT2D eigenvalue weighted by molar-refractivity contribution is -0.140. The summed E-state index contributed by atoms with van der Waals surface area (Å²) >= 11 is 11.0. The minimum atomic E-state index is -5.00. The quantitative estimate of drug-likeness (QED) is 0.0978. The maximum absolute atomic E-state index is 15.2. The number of fused-ring (bicyclic) bond motifs is 2. The molecule has 0 aliphatic rings. The highest BCUT2D eigenvalue weighted by molar-refractivity contribution is 6.31. The van der Waals surface area contributed by atoms with Crippen LogP contribution in [-0.2, 0) is 12.4 Å². The molecule has 0 aliphatic heterocycles. The first-order valence-corrected chi connectivity index (χ1v) is 19.4. The third-order valence-electron chi connectivity index (χ3n) is 8.99.